The van der Waals surface area contributed by atoms with E-state index in [1.165, 1.54) is 7.11 Å². The fourth-order valence-corrected chi connectivity index (χ4v) is 2.51. The van der Waals surface area contributed by atoms with Gasteiger partial charge >= 0.3 is 5.97 Å². The number of carboxylic acid groups (broad SMARTS) is 1. The zero-order chi connectivity index (χ0) is 15.4. The Labute approximate surface area is 122 Å². The lowest BCUT2D eigenvalue weighted by Crippen LogP contribution is -2.30. The van der Waals surface area contributed by atoms with E-state index in [0.717, 1.165) is 0 Å². The van der Waals surface area contributed by atoms with Gasteiger partial charge in [-0.15, -0.1) is 0 Å². The molecule has 2 N–H and O–H groups in total. The molecule has 7 nitrogen and oxygen atoms in total. The molecule has 114 valence electrons. The smallest absolute Gasteiger partial charge is 0.306 e. The van der Waals surface area contributed by atoms with Gasteiger partial charge in [-0.1, -0.05) is 0 Å². The lowest BCUT2D eigenvalue weighted by atomic mass is 9.81. The molecule has 0 atom stereocenters. The second kappa shape index (κ2) is 6.51. The molecule has 1 aliphatic carbocycles. The van der Waals surface area contributed by atoms with Gasteiger partial charge in [-0.25, -0.2) is 4.98 Å². The molecule has 0 spiro atoms. The van der Waals surface area contributed by atoms with Crippen molar-refractivity contribution in [1.29, 1.82) is 0 Å². The van der Waals surface area contributed by atoms with Crippen molar-refractivity contribution < 1.29 is 19.4 Å². The molecule has 1 saturated carbocycles. The summed E-state index contributed by atoms with van der Waals surface area (Å²) in [4.78, 5) is 31.3. The van der Waals surface area contributed by atoms with Crippen molar-refractivity contribution >= 4 is 17.8 Å². The van der Waals surface area contributed by atoms with Crippen LogP contribution in [0.1, 0.15) is 31.4 Å². The number of ether oxygens (including phenoxy) is 1. The summed E-state index contributed by atoms with van der Waals surface area (Å²) in [6, 6.07) is 1.67. The highest BCUT2D eigenvalue weighted by Gasteiger charge is 2.30. The summed E-state index contributed by atoms with van der Waals surface area (Å²) in [5, 5.41) is 11.6. The molecule has 0 bridgehead atoms. The first-order valence-corrected chi connectivity index (χ1v) is 6.93. The minimum absolute atomic E-state index is 0.161. The van der Waals surface area contributed by atoms with Gasteiger partial charge < -0.3 is 9.84 Å². The first kappa shape index (κ1) is 15.2. The average Bonchev–Trinajstić information content (AvgIpc) is 2.46. The molecular weight excluding hydrogens is 274 g/mol. The molecule has 7 heteroatoms. The van der Waals surface area contributed by atoms with Crippen LogP contribution in [0.15, 0.2) is 6.07 Å². The highest BCUT2D eigenvalue weighted by atomic mass is 16.5. The number of aliphatic carboxylic acids is 1. The second-order valence-electron chi connectivity index (χ2n) is 5.25. The summed E-state index contributed by atoms with van der Waals surface area (Å²) in [7, 11) is 1.50. The largest absolute Gasteiger partial charge is 0.481 e. The summed E-state index contributed by atoms with van der Waals surface area (Å²) in [5.41, 5.74) is 0.701. The first-order chi connectivity index (χ1) is 9.99. The van der Waals surface area contributed by atoms with Gasteiger partial charge in [0.2, 0.25) is 17.7 Å². The minimum Gasteiger partial charge on any atom is -0.481 e. The Morgan fingerprint density at radius 3 is 2.43 bits per heavy atom. The number of aryl methyl sites for hydroxylation is 1. The van der Waals surface area contributed by atoms with E-state index in [4.69, 9.17) is 9.84 Å². The molecule has 1 amide bonds. The Hall–Kier alpha value is -2.18. The standard InChI is InChI=1S/C14H19N3O4/c1-8-7-11(21-2)16-14(15-8)17-12(18)9-3-5-10(6-4-9)13(19)20/h7,9-10H,3-6H2,1-2H3,(H,19,20)(H,15,16,17,18). The van der Waals surface area contributed by atoms with Crippen LogP contribution in [-0.2, 0) is 9.59 Å². The van der Waals surface area contributed by atoms with Crippen molar-refractivity contribution in [2.24, 2.45) is 11.8 Å². The number of anilines is 1. The van der Waals surface area contributed by atoms with E-state index in [9.17, 15) is 9.59 Å². The maximum absolute atomic E-state index is 12.2. The molecule has 1 aromatic rings. The Kier molecular flexibility index (Phi) is 4.72. The molecule has 0 aliphatic heterocycles. The van der Waals surface area contributed by atoms with Crippen molar-refractivity contribution in [1.82, 2.24) is 9.97 Å². The topological polar surface area (TPSA) is 101 Å². The van der Waals surface area contributed by atoms with Gasteiger partial charge in [0.1, 0.15) is 0 Å². The zero-order valence-corrected chi connectivity index (χ0v) is 12.1. The number of carbonyl (C=O) groups is 2. The van der Waals surface area contributed by atoms with E-state index in [-0.39, 0.29) is 23.7 Å². The quantitative estimate of drug-likeness (QED) is 0.874. The van der Waals surface area contributed by atoms with E-state index in [0.29, 0.717) is 37.3 Å². The number of nitrogens with one attached hydrogen (secondary N) is 1. The van der Waals surface area contributed by atoms with E-state index >= 15 is 0 Å². The van der Waals surface area contributed by atoms with E-state index in [2.05, 4.69) is 15.3 Å². The van der Waals surface area contributed by atoms with E-state index in [1.54, 1.807) is 13.0 Å². The lowest BCUT2D eigenvalue weighted by Gasteiger charge is -2.24. The number of hydrogen-bond donors (Lipinski definition) is 2. The number of hydrogen-bond acceptors (Lipinski definition) is 5. The van der Waals surface area contributed by atoms with Gasteiger partial charge in [-0.05, 0) is 32.6 Å². The van der Waals surface area contributed by atoms with Crippen LogP contribution < -0.4 is 10.1 Å². The number of amides is 1. The predicted octanol–water partition coefficient (Wildman–Crippen LogP) is 1.62. The summed E-state index contributed by atoms with van der Waals surface area (Å²) in [6.45, 7) is 1.79. The number of aromatic nitrogens is 2. The number of carboxylic acids is 1. The number of nitrogens with zero attached hydrogens (tertiary/aromatic N) is 2. The third kappa shape index (κ3) is 3.90. The van der Waals surface area contributed by atoms with E-state index < -0.39 is 5.97 Å². The molecule has 1 fully saturated rings. The molecule has 21 heavy (non-hydrogen) atoms. The fourth-order valence-electron chi connectivity index (χ4n) is 2.51. The van der Waals surface area contributed by atoms with Crippen molar-refractivity contribution in [3.8, 4) is 5.88 Å². The van der Waals surface area contributed by atoms with Crippen LogP contribution in [0.2, 0.25) is 0 Å². The molecular formula is C14H19N3O4. The molecule has 0 aromatic carbocycles. The number of methoxy groups -OCH3 is 1. The first-order valence-electron chi connectivity index (χ1n) is 6.93. The van der Waals surface area contributed by atoms with Gasteiger partial charge in [-0.3, -0.25) is 14.9 Å². The van der Waals surface area contributed by atoms with Crippen LogP contribution in [0, 0.1) is 18.8 Å². The average molecular weight is 293 g/mol. The van der Waals surface area contributed by atoms with Crippen LogP contribution >= 0.6 is 0 Å². The lowest BCUT2D eigenvalue weighted by molar-refractivity contribution is -0.143. The van der Waals surface area contributed by atoms with Crippen molar-refractivity contribution in [2.45, 2.75) is 32.6 Å². The second-order valence-corrected chi connectivity index (χ2v) is 5.25. The van der Waals surface area contributed by atoms with Gasteiger partial charge in [0.05, 0.1) is 13.0 Å². The highest BCUT2D eigenvalue weighted by Crippen LogP contribution is 2.29. The normalized spacial score (nSPS) is 21.6. The van der Waals surface area contributed by atoms with Crippen molar-refractivity contribution in [2.75, 3.05) is 12.4 Å². The SMILES string of the molecule is COc1cc(C)nc(NC(=O)C2CCC(C(=O)O)CC2)n1. The minimum atomic E-state index is -0.777. The molecule has 1 heterocycles. The Balaban J connectivity index is 1.96. The van der Waals surface area contributed by atoms with Gasteiger partial charge in [-0.2, -0.15) is 4.98 Å². The summed E-state index contributed by atoms with van der Waals surface area (Å²) in [5.74, 6) is -0.836. The molecule has 0 unspecified atom stereocenters. The maximum Gasteiger partial charge on any atom is 0.306 e. The summed E-state index contributed by atoms with van der Waals surface area (Å²) in [6.07, 6.45) is 2.22. The number of rotatable bonds is 4. The Morgan fingerprint density at radius 1 is 1.24 bits per heavy atom. The third-order valence-electron chi connectivity index (χ3n) is 3.72. The van der Waals surface area contributed by atoms with Crippen molar-refractivity contribution in [3.05, 3.63) is 11.8 Å². The number of carbonyl (C=O) groups excluding carboxylic acids is 1. The monoisotopic (exact) mass is 293 g/mol. The van der Waals surface area contributed by atoms with Crippen LogP contribution in [0.3, 0.4) is 0 Å². The Bertz CT molecular complexity index is 539. The molecule has 0 saturated heterocycles. The summed E-state index contributed by atoms with van der Waals surface area (Å²) < 4.78 is 5.04. The van der Waals surface area contributed by atoms with Gasteiger partial charge in [0.25, 0.3) is 0 Å². The fraction of sp³-hybridized carbons (Fsp3) is 0.571. The van der Waals surface area contributed by atoms with Gasteiger partial charge in [0.15, 0.2) is 0 Å². The van der Waals surface area contributed by atoms with Crippen LogP contribution in [-0.4, -0.2) is 34.1 Å². The highest BCUT2D eigenvalue weighted by molar-refractivity contribution is 5.91. The maximum atomic E-state index is 12.2. The summed E-state index contributed by atoms with van der Waals surface area (Å²) >= 11 is 0. The molecule has 1 aromatic heterocycles. The van der Waals surface area contributed by atoms with Crippen LogP contribution in [0.25, 0.3) is 0 Å². The third-order valence-corrected chi connectivity index (χ3v) is 3.72. The molecule has 2 rings (SSSR count). The van der Waals surface area contributed by atoms with Gasteiger partial charge in [0, 0.05) is 17.7 Å². The molecule has 1 aliphatic rings. The van der Waals surface area contributed by atoms with E-state index in [1.807, 2.05) is 0 Å². The van der Waals surface area contributed by atoms with Crippen molar-refractivity contribution in [3.63, 3.8) is 0 Å². The molecule has 0 radical (unpaired) electrons. The zero-order valence-electron chi connectivity index (χ0n) is 12.1. The predicted molar refractivity (Wildman–Crippen MR) is 75.0 cm³/mol. The Morgan fingerprint density at radius 2 is 1.86 bits per heavy atom. The van der Waals surface area contributed by atoms with Crippen LogP contribution in [0.4, 0.5) is 5.95 Å². The van der Waals surface area contributed by atoms with Crippen LogP contribution in [0.5, 0.6) is 5.88 Å².